The Balaban J connectivity index is 1.26. The molecule has 1 atom stereocenters. The highest BCUT2D eigenvalue weighted by Crippen LogP contribution is 2.36. The summed E-state index contributed by atoms with van der Waals surface area (Å²) in [7, 11) is 0. The zero-order valence-corrected chi connectivity index (χ0v) is 18.8. The van der Waals surface area contributed by atoms with Crippen molar-refractivity contribution in [3.8, 4) is 17.2 Å². The Hall–Kier alpha value is -3.59. The molecule has 0 fully saturated rings. The first-order valence-corrected chi connectivity index (χ1v) is 11.3. The normalized spacial score (nSPS) is 14.9. The Labute approximate surface area is 193 Å². The monoisotopic (exact) mass is 465 g/mol. The number of carbonyl (C=O) groups is 1. The van der Waals surface area contributed by atoms with Crippen LogP contribution in [0.15, 0.2) is 64.2 Å². The SMILES string of the molecule is Cc1cc(C(=O)CSc2nnc(C3COc4ccccc4O3)o2)c(C)n1-c1cccc(F)c1. The lowest BCUT2D eigenvalue weighted by Crippen LogP contribution is -2.21. The van der Waals surface area contributed by atoms with E-state index < -0.39 is 6.10 Å². The number of Topliss-reactive ketones (excluding diaryl/α,β-unsaturated/α-hetero) is 1. The highest BCUT2D eigenvalue weighted by atomic mass is 32.2. The molecule has 0 bridgehead atoms. The minimum atomic E-state index is -0.511. The topological polar surface area (TPSA) is 79.4 Å². The Bertz CT molecular complexity index is 1330. The van der Waals surface area contributed by atoms with Gasteiger partial charge < -0.3 is 18.5 Å². The van der Waals surface area contributed by atoms with E-state index in [2.05, 4.69) is 10.2 Å². The third kappa shape index (κ3) is 4.23. The van der Waals surface area contributed by atoms with E-state index in [1.807, 2.05) is 54.8 Å². The molecular weight excluding hydrogens is 445 g/mol. The summed E-state index contributed by atoms with van der Waals surface area (Å²) >= 11 is 1.16. The Kier molecular flexibility index (Phi) is 5.63. The zero-order valence-electron chi connectivity index (χ0n) is 17.9. The number of fused-ring (bicyclic) bond motifs is 1. The van der Waals surface area contributed by atoms with Crippen molar-refractivity contribution >= 4 is 17.5 Å². The molecule has 2 aromatic carbocycles. The largest absolute Gasteiger partial charge is 0.485 e. The number of hydrogen-bond acceptors (Lipinski definition) is 7. The van der Waals surface area contributed by atoms with E-state index in [1.54, 1.807) is 6.07 Å². The van der Waals surface area contributed by atoms with E-state index in [-0.39, 0.29) is 29.2 Å². The van der Waals surface area contributed by atoms with Gasteiger partial charge >= 0.3 is 0 Å². The van der Waals surface area contributed by atoms with Gasteiger partial charge in [-0.15, -0.1) is 10.2 Å². The summed E-state index contributed by atoms with van der Waals surface area (Å²) in [5.74, 6) is 1.30. The second kappa shape index (κ2) is 8.74. The van der Waals surface area contributed by atoms with Crippen LogP contribution < -0.4 is 9.47 Å². The van der Waals surface area contributed by atoms with Crippen LogP contribution in [0.25, 0.3) is 5.69 Å². The van der Waals surface area contributed by atoms with E-state index in [9.17, 15) is 9.18 Å². The number of ether oxygens (including phenoxy) is 2. The smallest absolute Gasteiger partial charge is 0.277 e. The van der Waals surface area contributed by atoms with Crippen molar-refractivity contribution in [3.05, 3.63) is 83.3 Å². The van der Waals surface area contributed by atoms with Gasteiger partial charge in [-0.25, -0.2) is 4.39 Å². The minimum absolute atomic E-state index is 0.0818. The molecule has 1 aliphatic heterocycles. The fraction of sp³-hybridized carbons (Fsp3) is 0.208. The summed E-state index contributed by atoms with van der Waals surface area (Å²) in [5, 5.41) is 8.36. The first-order chi connectivity index (χ1) is 16.0. The van der Waals surface area contributed by atoms with Crippen LogP contribution in [0.1, 0.15) is 33.7 Å². The van der Waals surface area contributed by atoms with Crippen LogP contribution >= 0.6 is 11.8 Å². The molecule has 2 aromatic heterocycles. The van der Waals surface area contributed by atoms with Crippen molar-refractivity contribution in [2.24, 2.45) is 0 Å². The van der Waals surface area contributed by atoms with E-state index in [0.29, 0.717) is 28.6 Å². The van der Waals surface area contributed by atoms with Gasteiger partial charge in [0.15, 0.2) is 17.3 Å². The number of halogens is 1. The third-order valence-electron chi connectivity index (χ3n) is 5.33. The van der Waals surface area contributed by atoms with Crippen LogP contribution in [0.3, 0.4) is 0 Å². The van der Waals surface area contributed by atoms with Crippen molar-refractivity contribution in [2.75, 3.05) is 12.4 Å². The van der Waals surface area contributed by atoms with Gasteiger partial charge in [0.25, 0.3) is 11.1 Å². The summed E-state index contributed by atoms with van der Waals surface area (Å²) in [6.07, 6.45) is -0.511. The molecule has 168 valence electrons. The van der Waals surface area contributed by atoms with Crippen LogP contribution in [0.4, 0.5) is 4.39 Å². The summed E-state index contributed by atoms with van der Waals surface area (Å²) in [6.45, 7) is 3.99. The maximum absolute atomic E-state index is 13.7. The van der Waals surface area contributed by atoms with E-state index >= 15 is 0 Å². The number of aromatic nitrogens is 3. The van der Waals surface area contributed by atoms with Crippen molar-refractivity contribution in [1.82, 2.24) is 14.8 Å². The third-order valence-corrected chi connectivity index (χ3v) is 6.15. The maximum atomic E-state index is 13.7. The second-order valence-corrected chi connectivity index (χ2v) is 8.51. The molecule has 0 amide bonds. The number of aryl methyl sites for hydroxylation is 1. The number of rotatable bonds is 6. The Morgan fingerprint density at radius 2 is 1.94 bits per heavy atom. The van der Waals surface area contributed by atoms with Crippen molar-refractivity contribution in [2.45, 2.75) is 25.2 Å². The van der Waals surface area contributed by atoms with Gasteiger partial charge in [0.05, 0.1) is 5.75 Å². The van der Waals surface area contributed by atoms with Gasteiger partial charge in [-0.3, -0.25) is 4.79 Å². The van der Waals surface area contributed by atoms with Crippen molar-refractivity contribution in [1.29, 1.82) is 0 Å². The van der Waals surface area contributed by atoms with Gasteiger partial charge in [0, 0.05) is 22.6 Å². The van der Waals surface area contributed by atoms with Gasteiger partial charge in [-0.05, 0) is 50.2 Å². The number of ketones is 1. The molecule has 5 rings (SSSR count). The predicted octanol–water partition coefficient (Wildman–Crippen LogP) is 5.10. The molecule has 0 radical (unpaired) electrons. The summed E-state index contributed by atoms with van der Waals surface area (Å²) in [4.78, 5) is 12.9. The maximum Gasteiger partial charge on any atom is 0.277 e. The Morgan fingerprint density at radius 1 is 1.12 bits per heavy atom. The molecule has 1 aliphatic rings. The van der Waals surface area contributed by atoms with Gasteiger partial charge in [-0.2, -0.15) is 0 Å². The number of para-hydroxylation sites is 2. The predicted molar refractivity (Wildman–Crippen MR) is 120 cm³/mol. The molecule has 9 heteroatoms. The minimum Gasteiger partial charge on any atom is -0.485 e. The lowest BCUT2D eigenvalue weighted by atomic mass is 10.2. The lowest BCUT2D eigenvalue weighted by Gasteiger charge is -2.23. The number of carbonyl (C=O) groups excluding carboxylic acids is 1. The summed E-state index contributed by atoms with van der Waals surface area (Å²) < 4.78 is 32.8. The quantitative estimate of drug-likeness (QED) is 0.289. The average Bonchev–Trinajstić information content (AvgIpc) is 3.41. The van der Waals surface area contributed by atoms with Crippen molar-refractivity contribution in [3.63, 3.8) is 0 Å². The van der Waals surface area contributed by atoms with Crippen LogP contribution in [-0.2, 0) is 0 Å². The van der Waals surface area contributed by atoms with Crippen LogP contribution in [0.2, 0.25) is 0 Å². The number of hydrogen-bond donors (Lipinski definition) is 0. The van der Waals surface area contributed by atoms with Gasteiger partial charge in [0.1, 0.15) is 12.4 Å². The number of thioether (sulfide) groups is 1. The van der Waals surface area contributed by atoms with E-state index in [4.69, 9.17) is 13.9 Å². The Morgan fingerprint density at radius 3 is 2.76 bits per heavy atom. The van der Waals surface area contributed by atoms with E-state index in [0.717, 1.165) is 23.1 Å². The molecular formula is C24H20FN3O4S. The fourth-order valence-electron chi connectivity index (χ4n) is 3.81. The average molecular weight is 466 g/mol. The lowest BCUT2D eigenvalue weighted by molar-refractivity contribution is 0.0686. The number of benzene rings is 2. The molecule has 0 saturated heterocycles. The first kappa shape index (κ1) is 21.3. The zero-order chi connectivity index (χ0) is 22.9. The first-order valence-electron chi connectivity index (χ1n) is 10.3. The fourth-order valence-corrected chi connectivity index (χ4v) is 4.47. The molecule has 1 unspecified atom stereocenters. The second-order valence-electron chi connectivity index (χ2n) is 7.58. The molecule has 0 spiro atoms. The summed E-state index contributed by atoms with van der Waals surface area (Å²) in [6, 6.07) is 15.5. The molecule has 4 aromatic rings. The van der Waals surface area contributed by atoms with E-state index in [1.165, 1.54) is 12.1 Å². The van der Waals surface area contributed by atoms with Gasteiger partial charge in [0.2, 0.25) is 6.10 Å². The van der Waals surface area contributed by atoms with Crippen LogP contribution in [0.5, 0.6) is 11.5 Å². The van der Waals surface area contributed by atoms with Gasteiger partial charge in [-0.1, -0.05) is 30.0 Å². The number of nitrogens with zero attached hydrogens (tertiary/aromatic N) is 3. The molecule has 0 aliphatic carbocycles. The molecule has 3 heterocycles. The standard InChI is InChI=1S/C24H20FN3O4S/c1-14-10-18(15(2)28(14)17-7-5-6-16(25)11-17)19(29)13-33-24-27-26-23(32-24)22-12-30-20-8-3-4-9-21(20)31-22/h3-11,22H,12-13H2,1-2H3. The molecule has 0 saturated carbocycles. The van der Waals surface area contributed by atoms with Crippen LogP contribution in [-0.4, -0.2) is 32.9 Å². The molecule has 0 N–H and O–H groups in total. The van der Waals surface area contributed by atoms with Crippen LogP contribution in [0, 0.1) is 19.7 Å². The van der Waals surface area contributed by atoms with Crippen molar-refractivity contribution < 1.29 is 23.1 Å². The highest BCUT2D eigenvalue weighted by Gasteiger charge is 2.27. The molecule has 7 nitrogen and oxygen atoms in total. The summed E-state index contributed by atoms with van der Waals surface area (Å²) in [5.41, 5.74) is 2.85. The highest BCUT2D eigenvalue weighted by molar-refractivity contribution is 7.99. The molecule has 33 heavy (non-hydrogen) atoms.